The molecule has 3 aromatic rings. The van der Waals surface area contributed by atoms with Gasteiger partial charge < -0.3 is 9.64 Å². The van der Waals surface area contributed by atoms with Crippen LogP contribution in [0, 0.1) is 11.6 Å². The Kier molecular flexibility index (Phi) is 4.90. The Morgan fingerprint density at radius 1 is 0.926 bits per heavy atom. The first-order valence-corrected chi connectivity index (χ1v) is 8.98. The Hall–Kier alpha value is -2.73. The van der Waals surface area contributed by atoms with Crippen molar-refractivity contribution in [2.24, 2.45) is 0 Å². The summed E-state index contributed by atoms with van der Waals surface area (Å²) in [6.45, 7) is 4.18. The number of fused-ring (bicyclic) bond motifs is 1. The van der Waals surface area contributed by atoms with Gasteiger partial charge in [-0.05, 0) is 36.4 Å². The van der Waals surface area contributed by atoms with Crippen LogP contribution in [-0.2, 0) is 6.54 Å². The number of benzene rings is 2. The number of piperazine rings is 1. The molecule has 0 amide bonds. The molecule has 27 heavy (non-hydrogen) atoms. The molecule has 0 atom stereocenters. The van der Waals surface area contributed by atoms with Crippen LogP contribution in [0.1, 0.15) is 5.69 Å². The van der Waals surface area contributed by atoms with Gasteiger partial charge in [0, 0.05) is 44.2 Å². The second-order valence-corrected chi connectivity index (χ2v) is 6.72. The average Bonchev–Trinajstić information content (AvgIpc) is 2.69. The lowest BCUT2D eigenvalue weighted by Crippen LogP contribution is -2.46. The molecule has 0 saturated carbocycles. The lowest BCUT2D eigenvalue weighted by atomic mass is 10.2. The second kappa shape index (κ2) is 7.48. The van der Waals surface area contributed by atoms with Crippen molar-refractivity contribution in [2.45, 2.75) is 6.54 Å². The summed E-state index contributed by atoms with van der Waals surface area (Å²) in [5.41, 5.74) is 2.70. The van der Waals surface area contributed by atoms with E-state index in [4.69, 9.17) is 4.74 Å². The van der Waals surface area contributed by atoms with Crippen LogP contribution in [0.15, 0.2) is 48.5 Å². The topological polar surface area (TPSA) is 28.6 Å². The first-order valence-electron chi connectivity index (χ1n) is 8.98. The summed E-state index contributed by atoms with van der Waals surface area (Å²) in [7, 11) is 1.56. The minimum atomic E-state index is -0.295. The lowest BCUT2D eigenvalue weighted by Gasteiger charge is -2.36. The fourth-order valence-corrected chi connectivity index (χ4v) is 3.52. The van der Waals surface area contributed by atoms with E-state index in [1.807, 2.05) is 12.1 Å². The molecule has 0 spiro atoms. The Bertz CT molecular complexity index is 955. The van der Waals surface area contributed by atoms with Gasteiger partial charge in [0.1, 0.15) is 17.4 Å². The molecule has 0 aliphatic carbocycles. The van der Waals surface area contributed by atoms with Gasteiger partial charge in [0.25, 0.3) is 0 Å². The summed E-state index contributed by atoms with van der Waals surface area (Å²) >= 11 is 0. The summed E-state index contributed by atoms with van der Waals surface area (Å²) < 4.78 is 32.0. The Balaban J connectivity index is 1.42. The largest absolute Gasteiger partial charge is 0.494 e. The van der Waals surface area contributed by atoms with Gasteiger partial charge in [-0.25, -0.2) is 8.78 Å². The number of nitrogens with zero attached hydrogens (tertiary/aromatic N) is 3. The van der Waals surface area contributed by atoms with Crippen LogP contribution >= 0.6 is 0 Å². The molecule has 0 unspecified atom stereocenters. The number of rotatable bonds is 4. The zero-order chi connectivity index (χ0) is 18.8. The molecule has 1 aliphatic heterocycles. The highest BCUT2D eigenvalue weighted by Gasteiger charge is 2.20. The Morgan fingerprint density at radius 3 is 2.44 bits per heavy atom. The lowest BCUT2D eigenvalue weighted by molar-refractivity contribution is 0.246. The van der Waals surface area contributed by atoms with E-state index in [-0.39, 0.29) is 11.6 Å². The smallest absolute Gasteiger partial charge is 0.145 e. The number of ether oxygens (including phenoxy) is 1. The monoisotopic (exact) mass is 369 g/mol. The zero-order valence-electron chi connectivity index (χ0n) is 15.2. The van der Waals surface area contributed by atoms with Crippen molar-refractivity contribution in [3.05, 3.63) is 65.9 Å². The van der Waals surface area contributed by atoms with Crippen molar-refractivity contribution in [1.29, 1.82) is 0 Å². The third kappa shape index (κ3) is 3.85. The molecule has 1 aromatic heterocycles. The number of hydrogen-bond acceptors (Lipinski definition) is 4. The molecule has 4 nitrogen and oxygen atoms in total. The molecule has 1 saturated heterocycles. The molecule has 140 valence electrons. The summed E-state index contributed by atoms with van der Waals surface area (Å²) in [6, 6.07) is 13.2. The fourth-order valence-electron chi connectivity index (χ4n) is 3.52. The number of halogens is 2. The predicted molar refractivity (Wildman–Crippen MR) is 102 cm³/mol. The van der Waals surface area contributed by atoms with Crippen LogP contribution < -0.4 is 9.64 Å². The van der Waals surface area contributed by atoms with Gasteiger partial charge in [-0.1, -0.05) is 6.07 Å². The van der Waals surface area contributed by atoms with Gasteiger partial charge in [-0.15, -0.1) is 0 Å². The van der Waals surface area contributed by atoms with Gasteiger partial charge in [-0.3, -0.25) is 9.88 Å². The first kappa shape index (κ1) is 17.7. The summed E-state index contributed by atoms with van der Waals surface area (Å²) in [5, 5.41) is 0.812. The highest BCUT2D eigenvalue weighted by Crippen LogP contribution is 2.29. The second-order valence-electron chi connectivity index (χ2n) is 6.72. The van der Waals surface area contributed by atoms with E-state index >= 15 is 0 Å². The minimum Gasteiger partial charge on any atom is -0.494 e. The Morgan fingerprint density at radius 2 is 1.67 bits per heavy atom. The zero-order valence-corrected chi connectivity index (χ0v) is 15.2. The van der Waals surface area contributed by atoms with E-state index in [1.165, 1.54) is 24.3 Å². The van der Waals surface area contributed by atoms with Crippen molar-refractivity contribution in [3.8, 4) is 5.75 Å². The van der Waals surface area contributed by atoms with E-state index in [0.29, 0.717) is 5.75 Å². The van der Waals surface area contributed by atoms with Crippen molar-refractivity contribution < 1.29 is 13.5 Å². The minimum absolute atomic E-state index is 0.246. The number of anilines is 1. The van der Waals surface area contributed by atoms with E-state index in [2.05, 4.69) is 14.8 Å². The van der Waals surface area contributed by atoms with E-state index < -0.39 is 0 Å². The molecule has 1 aliphatic rings. The van der Waals surface area contributed by atoms with Gasteiger partial charge >= 0.3 is 0 Å². The predicted octanol–water partition coefficient (Wildman–Crippen LogP) is 3.84. The highest BCUT2D eigenvalue weighted by molar-refractivity contribution is 5.78. The molecule has 0 N–H and O–H groups in total. The third-order valence-corrected chi connectivity index (χ3v) is 4.95. The highest BCUT2D eigenvalue weighted by atomic mass is 19.1. The molecular weight excluding hydrogens is 348 g/mol. The number of aromatic nitrogens is 1. The maximum absolute atomic E-state index is 13.4. The number of methoxy groups -OCH3 is 1. The van der Waals surface area contributed by atoms with Gasteiger partial charge in [0.05, 0.1) is 24.0 Å². The first-order chi connectivity index (χ1) is 13.1. The quantitative estimate of drug-likeness (QED) is 0.699. The Labute approximate surface area is 157 Å². The van der Waals surface area contributed by atoms with E-state index in [0.717, 1.165) is 55.0 Å². The molecule has 1 fully saturated rings. The van der Waals surface area contributed by atoms with Crippen LogP contribution in [0.5, 0.6) is 5.75 Å². The summed E-state index contributed by atoms with van der Waals surface area (Å²) in [5.74, 6) is 0.0211. The van der Waals surface area contributed by atoms with Crippen LogP contribution in [0.2, 0.25) is 0 Å². The maximum Gasteiger partial charge on any atom is 0.145 e. The molecule has 2 aromatic carbocycles. The van der Waals surface area contributed by atoms with Crippen molar-refractivity contribution in [2.75, 3.05) is 38.2 Å². The maximum atomic E-state index is 13.4. The van der Waals surface area contributed by atoms with Crippen LogP contribution in [0.25, 0.3) is 10.9 Å². The number of pyridine rings is 1. The van der Waals surface area contributed by atoms with E-state index in [9.17, 15) is 8.78 Å². The van der Waals surface area contributed by atoms with Crippen molar-refractivity contribution in [1.82, 2.24) is 9.88 Å². The fraction of sp³-hybridized carbons (Fsp3) is 0.286. The molecule has 0 bridgehead atoms. The molecule has 4 rings (SSSR count). The van der Waals surface area contributed by atoms with Gasteiger partial charge in [0.15, 0.2) is 0 Å². The van der Waals surface area contributed by atoms with E-state index in [1.54, 1.807) is 19.2 Å². The number of hydrogen-bond donors (Lipinski definition) is 0. The molecule has 0 radical (unpaired) electrons. The van der Waals surface area contributed by atoms with Crippen LogP contribution in [0.4, 0.5) is 14.5 Å². The average molecular weight is 369 g/mol. The SMILES string of the molecule is COc1cc(F)ccc1N1CCN(Cc2ccc3cc(F)ccc3n2)CC1. The van der Waals surface area contributed by atoms with Crippen LogP contribution in [0.3, 0.4) is 0 Å². The third-order valence-electron chi connectivity index (χ3n) is 4.95. The molecular formula is C21H21F2N3O. The van der Waals surface area contributed by atoms with Crippen molar-refractivity contribution >= 4 is 16.6 Å². The van der Waals surface area contributed by atoms with Gasteiger partial charge in [-0.2, -0.15) is 0 Å². The summed E-state index contributed by atoms with van der Waals surface area (Å²) in [6.07, 6.45) is 0. The van der Waals surface area contributed by atoms with Gasteiger partial charge in [0.2, 0.25) is 0 Å². The van der Waals surface area contributed by atoms with Crippen LogP contribution in [-0.4, -0.2) is 43.2 Å². The molecule has 6 heteroatoms. The molecule has 2 heterocycles. The standard InChI is InChI=1S/C21H21F2N3O/c1-27-21-13-17(23)4-7-20(21)26-10-8-25(9-11-26)14-18-5-2-15-12-16(22)3-6-19(15)24-18/h2-7,12-13H,8-11,14H2,1H3. The normalized spacial score (nSPS) is 15.3. The summed E-state index contributed by atoms with van der Waals surface area (Å²) in [4.78, 5) is 9.19. The van der Waals surface area contributed by atoms with Crippen molar-refractivity contribution in [3.63, 3.8) is 0 Å².